The number of hydrogen-bond donors (Lipinski definition) is 2. The van der Waals surface area contributed by atoms with Crippen LogP contribution in [-0.4, -0.2) is 20.5 Å². The zero-order valence-corrected chi connectivity index (χ0v) is 14.7. The molecule has 0 saturated carbocycles. The van der Waals surface area contributed by atoms with Crippen LogP contribution < -0.4 is 10.6 Å². The number of hydrogen-bond acceptors (Lipinski definition) is 5. The fraction of sp³-hybridized carbons (Fsp3) is 0.211. The maximum absolute atomic E-state index is 13.9. The predicted octanol–water partition coefficient (Wildman–Crippen LogP) is 4.77. The molecule has 0 aliphatic heterocycles. The molecule has 0 amide bonds. The summed E-state index contributed by atoms with van der Waals surface area (Å²) in [5.74, 6) is -0.424. The third-order valence-corrected chi connectivity index (χ3v) is 3.33. The largest absolute Gasteiger partial charge is 0.350 e. The van der Waals surface area contributed by atoms with Gasteiger partial charge in [-0.05, 0) is 45.0 Å². The van der Waals surface area contributed by atoms with Gasteiger partial charge in [-0.1, -0.05) is 6.07 Å². The van der Waals surface area contributed by atoms with E-state index in [1.54, 1.807) is 18.3 Å². The Hall–Kier alpha value is -3.09. The highest BCUT2D eigenvalue weighted by Gasteiger charge is 2.15. The van der Waals surface area contributed by atoms with Crippen molar-refractivity contribution in [2.75, 3.05) is 10.6 Å². The number of benzene rings is 1. The molecule has 0 aliphatic carbocycles. The van der Waals surface area contributed by atoms with Crippen LogP contribution in [0.3, 0.4) is 0 Å². The minimum atomic E-state index is -0.574. The molecular formula is C19H19F2N5. The lowest BCUT2D eigenvalue weighted by atomic mass is 10.1. The zero-order chi connectivity index (χ0) is 18.7. The van der Waals surface area contributed by atoms with Crippen molar-refractivity contribution in [2.45, 2.75) is 26.3 Å². The lowest BCUT2D eigenvalue weighted by Crippen LogP contribution is -2.27. The normalized spacial score (nSPS) is 11.3. The summed E-state index contributed by atoms with van der Waals surface area (Å²) in [5, 5.41) is 6.00. The minimum absolute atomic E-state index is 0.00243. The molecular weight excluding hydrogens is 336 g/mol. The SMILES string of the molecule is CC(C)(C)Nc1nc(Nc2cc(F)ccc2F)cc(-c2ccccn2)n1. The van der Waals surface area contributed by atoms with Gasteiger partial charge in [-0.15, -0.1) is 0 Å². The Labute approximate surface area is 150 Å². The van der Waals surface area contributed by atoms with E-state index in [2.05, 4.69) is 25.6 Å². The van der Waals surface area contributed by atoms with E-state index >= 15 is 0 Å². The first-order valence-corrected chi connectivity index (χ1v) is 8.11. The van der Waals surface area contributed by atoms with Crippen molar-refractivity contribution >= 4 is 17.5 Å². The van der Waals surface area contributed by atoms with Crippen molar-refractivity contribution in [1.82, 2.24) is 15.0 Å². The maximum atomic E-state index is 13.9. The molecule has 5 nitrogen and oxygen atoms in total. The highest BCUT2D eigenvalue weighted by atomic mass is 19.1. The van der Waals surface area contributed by atoms with Crippen molar-refractivity contribution in [3.05, 3.63) is 60.3 Å². The first-order valence-electron chi connectivity index (χ1n) is 8.11. The Morgan fingerprint density at radius 3 is 2.42 bits per heavy atom. The Bertz CT molecular complexity index is 908. The van der Waals surface area contributed by atoms with Crippen molar-refractivity contribution in [3.8, 4) is 11.4 Å². The Morgan fingerprint density at radius 1 is 0.923 bits per heavy atom. The Kier molecular flexibility index (Phi) is 4.79. The average molecular weight is 355 g/mol. The van der Waals surface area contributed by atoms with Crippen molar-refractivity contribution < 1.29 is 8.78 Å². The van der Waals surface area contributed by atoms with Crippen molar-refractivity contribution in [2.24, 2.45) is 0 Å². The van der Waals surface area contributed by atoms with Crippen molar-refractivity contribution in [1.29, 1.82) is 0 Å². The van der Waals surface area contributed by atoms with Crippen LogP contribution in [0, 0.1) is 11.6 Å². The first-order chi connectivity index (χ1) is 12.3. The number of pyridine rings is 1. The van der Waals surface area contributed by atoms with E-state index < -0.39 is 11.6 Å². The molecule has 0 spiro atoms. The summed E-state index contributed by atoms with van der Waals surface area (Å²) < 4.78 is 27.4. The zero-order valence-electron chi connectivity index (χ0n) is 14.7. The van der Waals surface area contributed by atoms with Crippen LogP contribution in [0.1, 0.15) is 20.8 Å². The highest BCUT2D eigenvalue weighted by Crippen LogP contribution is 2.25. The van der Waals surface area contributed by atoms with E-state index in [-0.39, 0.29) is 11.2 Å². The number of rotatable bonds is 4. The molecule has 2 heterocycles. The van der Waals surface area contributed by atoms with E-state index in [0.717, 1.165) is 18.2 Å². The highest BCUT2D eigenvalue weighted by molar-refractivity contribution is 5.65. The van der Waals surface area contributed by atoms with Gasteiger partial charge in [0.05, 0.1) is 17.1 Å². The number of halogens is 2. The van der Waals surface area contributed by atoms with Crippen LogP contribution in [0.4, 0.5) is 26.2 Å². The van der Waals surface area contributed by atoms with E-state index in [0.29, 0.717) is 23.2 Å². The van der Waals surface area contributed by atoms with Gasteiger partial charge in [-0.2, -0.15) is 4.98 Å². The minimum Gasteiger partial charge on any atom is -0.350 e. The quantitative estimate of drug-likeness (QED) is 0.706. The van der Waals surface area contributed by atoms with Gasteiger partial charge in [0, 0.05) is 23.9 Å². The van der Waals surface area contributed by atoms with Gasteiger partial charge >= 0.3 is 0 Å². The number of nitrogens with zero attached hydrogens (tertiary/aromatic N) is 3. The molecule has 0 atom stereocenters. The van der Waals surface area contributed by atoms with Crippen LogP contribution in [-0.2, 0) is 0 Å². The molecule has 0 aliphatic rings. The molecule has 3 rings (SSSR count). The summed E-state index contributed by atoms with van der Waals surface area (Å²) in [4.78, 5) is 13.1. The van der Waals surface area contributed by atoms with E-state index in [1.807, 2.05) is 32.9 Å². The van der Waals surface area contributed by atoms with Crippen LogP contribution in [0.15, 0.2) is 48.7 Å². The summed E-state index contributed by atoms with van der Waals surface area (Å²) in [6, 6.07) is 10.3. The molecule has 0 bridgehead atoms. The lowest BCUT2D eigenvalue weighted by molar-refractivity contribution is 0.603. The third-order valence-electron chi connectivity index (χ3n) is 3.33. The van der Waals surface area contributed by atoms with Crippen LogP contribution in [0.25, 0.3) is 11.4 Å². The monoisotopic (exact) mass is 355 g/mol. The lowest BCUT2D eigenvalue weighted by Gasteiger charge is -2.21. The number of nitrogens with one attached hydrogen (secondary N) is 2. The van der Waals surface area contributed by atoms with Gasteiger partial charge < -0.3 is 10.6 Å². The second-order valence-electron chi connectivity index (χ2n) is 6.80. The summed E-state index contributed by atoms with van der Waals surface area (Å²) >= 11 is 0. The maximum Gasteiger partial charge on any atom is 0.225 e. The fourth-order valence-corrected chi connectivity index (χ4v) is 2.28. The summed E-state index contributed by atoms with van der Waals surface area (Å²) in [5.41, 5.74) is 0.933. The van der Waals surface area contributed by atoms with Gasteiger partial charge in [-0.3, -0.25) is 4.98 Å². The number of aromatic nitrogens is 3. The molecule has 3 aromatic rings. The summed E-state index contributed by atoms with van der Waals surface area (Å²) in [6.45, 7) is 5.93. The van der Waals surface area contributed by atoms with E-state index in [9.17, 15) is 8.78 Å². The third kappa shape index (κ3) is 4.50. The van der Waals surface area contributed by atoms with Crippen LogP contribution in [0.5, 0.6) is 0 Å². The molecule has 0 unspecified atom stereocenters. The topological polar surface area (TPSA) is 62.7 Å². The van der Waals surface area contributed by atoms with Crippen molar-refractivity contribution in [3.63, 3.8) is 0 Å². The van der Waals surface area contributed by atoms with Gasteiger partial charge in [0.25, 0.3) is 0 Å². The molecule has 0 fully saturated rings. The average Bonchev–Trinajstić information content (AvgIpc) is 2.57. The second-order valence-corrected chi connectivity index (χ2v) is 6.80. The molecule has 7 heteroatoms. The molecule has 2 aromatic heterocycles. The second kappa shape index (κ2) is 7.03. The fourth-order valence-electron chi connectivity index (χ4n) is 2.28. The number of anilines is 3. The van der Waals surface area contributed by atoms with Gasteiger partial charge in [-0.25, -0.2) is 13.8 Å². The molecule has 134 valence electrons. The first kappa shape index (κ1) is 17.7. The Balaban J connectivity index is 2.03. The van der Waals surface area contributed by atoms with Gasteiger partial charge in [0.15, 0.2) is 0 Å². The van der Waals surface area contributed by atoms with Gasteiger partial charge in [0.1, 0.15) is 17.5 Å². The Morgan fingerprint density at radius 2 is 1.73 bits per heavy atom. The van der Waals surface area contributed by atoms with Gasteiger partial charge in [0.2, 0.25) is 5.95 Å². The molecule has 0 radical (unpaired) electrons. The molecule has 2 N–H and O–H groups in total. The molecule has 26 heavy (non-hydrogen) atoms. The van der Waals surface area contributed by atoms with Crippen LogP contribution >= 0.6 is 0 Å². The van der Waals surface area contributed by atoms with Crippen LogP contribution in [0.2, 0.25) is 0 Å². The smallest absolute Gasteiger partial charge is 0.225 e. The summed E-state index contributed by atoms with van der Waals surface area (Å²) in [7, 11) is 0. The van der Waals surface area contributed by atoms with E-state index in [1.165, 1.54) is 0 Å². The molecule has 1 aromatic carbocycles. The standard InChI is InChI=1S/C19H19F2N5/c1-19(2,3)26-18-24-16(14-6-4-5-9-22-14)11-17(25-18)23-15-10-12(20)7-8-13(15)21/h4-11H,1-3H3,(H2,23,24,25,26). The molecule has 0 saturated heterocycles. The van der Waals surface area contributed by atoms with E-state index in [4.69, 9.17) is 0 Å². The predicted molar refractivity (Wildman–Crippen MR) is 98.3 cm³/mol. The summed E-state index contributed by atoms with van der Waals surface area (Å²) in [6.07, 6.45) is 1.66.